The lowest BCUT2D eigenvalue weighted by atomic mass is 10.0. The monoisotopic (exact) mass is 278 g/mol. The molecule has 0 amide bonds. The van der Waals surface area contributed by atoms with Crippen molar-refractivity contribution in [2.24, 2.45) is 0 Å². The Hall–Kier alpha value is -1.43. The third kappa shape index (κ3) is 4.30. The minimum atomic E-state index is -0.250. The minimum Gasteiger partial charge on any atom is -0.465 e. The smallest absolute Gasteiger partial charge is 0.324 e. The van der Waals surface area contributed by atoms with Gasteiger partial charge in [0, 0.05) is 6.54 Å². The normalized spacial score (nSPS) is 19.8. The lowest BCUT2D eigenvalue weighted by Crippen LogP contribution is -2.52. The molecule has 0 bridgehead atoms. The van der Waals surface area contributed by atoms with Gasteiger partial charge in [-0.3, -0.25) is 9.63 Å². The van der Waals surface area contributed by atoms with Crippen molar-refractivity contribution in [1.29, 1.82) is 0 Å². The number of hydrogen-bond donors (Lipinski definition) is 1. The molecule has 1 aliphatic heterocycles. The van der Waals surface area contributed by atoms with Gasteiger partial charge in [-0.15, -0.1) is 5.59 Å². The van der Waals surface area contributed by atoms with E-state index in [2.05, 4.69) is 5.59 Å². The molecule has 1 aliphatic rings. The van der Waals surface area contributed by atoms with E-state index in [4.69, 9.17) is 9.57 Å². The van der Waals surface area contributed by atoms with Gasteiger partial charge in [0.15, 0.2) is 0 Å². The summed E-state index contributed by atoms with van der Waals surface area (Å²) in [5.41, 5.74) is 3.98. The van der Waals surface area contributed by atoms with Gasteiger partial charge in [-0.25, -0.2) is 5.01 Å². The predicted octanol–water partition coefficient (Wildman–Crippen LogP) is 2.04. The number of esters is 1. The fraction of sp³-hybridized carbons (Fsp3) is 0.533. The molecule has 0 aromatic heterocycles. The number of hydrazine groups is 1. The van der Waals surface area contributed by atoms with Gasteiger partial charge in [0.2, 0.25) is 0 Å². The lowest BCUT2D eigenvalue weighted by molar-refractivity contribution is -0.167. The van der Waals surface area contributed by atoms with Crippen molar-refractivity contribution >= 4 is 5.97 Å². The van der Waals surface area contributed by atoms with Crippen LogP contribution in [0.2, 0.25) is 0 Å². The summed E-state index contributed by atoms with van der Waals surface area (Å²) in [6.07, 6.45) is 2.90. The number of hydrogen-bond acceptors (Lipinski definition) is 5. The van der Waals surface area contributed by atoms with Crippen LogP contribution < -0.4 is 5.59 Å². The van der Waals surface area contributed by atoms with Crippen molar-refractivity contribution in [1.82, 2.24) is 10.6 Å². The molecule has 1 aromatic carbocycles. The molecule has 0 radical (unpaired) electrons. The van der Waals surface area contributed by atoms with E-state index in [9.17, 15) is 4.79 Å². The second kappa shape index (κ2) is 7.99. The number of nitrogens with zero attached hydrogens (tertiary/aromatic N) is 1. The highest BCUT2D eigenvalue weighted by Gasteiger charge is 2.30. The Morgan fingerprint density at radius 1 is 1.35 bits per heavy atom. The molecule has 0 saturated carbocycles. The summed E-state index contributed by atoms with van der Waals surface area (Å²) in [6.45, 7) is 3.49. The fourth-order valence-electron chi connectivity index (χ4n) is 2.30. The van der Waals surface area contributed by atoms with Crippen LogP contribution >= 0.6 is 0 Å². The van der Waals surface area contributed by atoms with Gasteiger partial charge in [-0.1, -0.05) is 30.3 Å². The zero-order chi connectivity index (χ0) is 14.2. The van der Waals surface area contributed by atoms with E-state index in [1.807, 2.05) is 42.3 Å². The fourth-order valence-corrected chi connectivity index (χ4v) is 2.30. The molecule has 5 heteroatoms. The third-order valence-electron chi connectivity index (χ3n) is 3.32. The van der Waals surface area contributed by atoms with Gasteiger partial charge >= 0.3 is 5.97 Å². The third-order valence-corrected chi connectivity index (χ3v) is 3.32. The number of piperidine rings is 1. The SMILES string of the molecule is CCOC(=O)[C@@H]1CCCCN1NOCc1ccccc1. The highest BCUT2D eigenvalue weighted by Crippen LogP contribution is 2.16. The average Bonchev–Trinajstić information content (AvgIpc) is 2.49. The van der Waals surface area contributed by atoms with Gasteiger partial charge in [-0.05, 0) is 31.7 Å². The van der Waals surface area contributed by atoms with Gasteiger partial charge in [0.05, 0.1) is 13.2 Å². The molecule has 1 N–H and O–H groups in total. The Balaban J connectivity index is 1.81. The Morgan fingerprint density at radius 3 is 2.90 bits per heavy atom. The number of benzene rings is 1. The first kappa shape index (κ1) is 15.0. The predicted molar refractivity (Wildman–Crippen MR) is 75.3 cm³/mol. The van der Waals surface area contributed by atoms with E-state index in [0.717, 1.165) is 31.4 Å². The summed E-state index contributed by atoms with van der Waals surface area (Å²) < 4.78 is 5.10. The van der Waals surface area contributed by atoms with E-state index in [0.29, 0.717) is 13.2 Å². The van der Waals surface area contributed by atoms with E-state index >= 15 is 0 Å². The van der Waals surface area contributed by atoms with Crippen LogP contribution in [-0.4, -0.2) is 30.2 Å². The van der Waals surface area contributed by atoms with Crippen molar-refractivity contribution < 1.29 is 14.4 Å². The zero-order valence-corrected chi connectivity index (χ0v) is 11.9. The molecule has 0 unspecified atom stereocenters. The zero-order valence-electron chi connectivity index (χ0n) is 11.9. The van der Waals surface area contributed by atoms with E-state index in [-0.39, 0.29) is 12.0 Å². The summed E-state index contributed by atoms with van der Waals surface area (Å²) in [5, 5.41) is 1.84. The lowest BCUT2D eigenvalue weighted by Gasteiger charge is -2.33. The summed E-state index contributed by atoms with van der Waals surface area (Å²) in [7, 11) is 0. The van der Waals surface area contributed by atoms with E-state index in [1.165, 1.54) is 0 Å². The Bertz CT molecular complexity index is 411. The molecule has 0 aliphatic carbocycles. The number of carbonyl (C=O) groups excluding carboxylic acids is 1. The number of carbonyl (C=O) groups is 1. The molecule has 0 spiro atoms. The van der Waals surface area contributed by atoms with Crippen LogP contribution in [0.25, 0.3) is 0 Å². The van der Waals surface area contributed by atoms with Crippen molar-refractivity contribution in [2.45, 2.75) is 38.8 Å². The van der Waals surface area contributed by atoms with Crippen LogP contribution in [0.15, 0.2) is 30.3 Å². The Morgan fingerprint density at radius 2 is 2.15 bits per heavy atom. The number of nitrogens with one attached hydrogen (secondary N) is 1. The molecular formula is C15H22N2O3. The molecule has 2 rings (SSSR count). The molecule has 110 valence electrons. The summed E-state index contributed by atoms with van der Waals surface area (Å²) in [4.78, 5) is 17.4. The summed E-state index contributed by atoms with van der Waals surface area (Å²) in [5.74, 6) is -0.178. The van der Waals surface area contributed by atoms with E-state index < -0.39 is 0 Å². The molecule has 20 heavy (non-hydrogen) atoms. The maximum Gasteiger partial charge on any atom is 0.324 e. The summed E-state index contributed by atoms with van der Waals surface area (Å²) >= 11 is 0. The molecular weight excluding hydrogens is 256 g/mol. The summed E-state index contributed by atoms with van der Waals surface area (Å²) in [6, 6.07) is 9.67. The maximum atomic E-state index is 11.9. The van der Waals surface area contributed by atoms with Crippen molar-refractivity contribution in [3.63, 3.8) is 0 Å². The molecule has 5 nitrogen and oxygen atoms in total. The van der Waals surface area contributed by atoms with Gasteiger partial charge in [0.25, 0.3) is 0 Å². The van der Waals surface area contributed by atoms with Crippen molar-refractivity contribution in [3.8, 4) is 0 Å². The first-order valence-corrected chi connectivity index (χ1v) is 7.16. The number of rotatable bonds is 6. The molecule has 1 saturated heterocycles. The highest BCUT2D eigenvalue weighted by atomic mass is 16.7. The molecule has 1 fully saturated rings. The second-order valence-electron chi connectivity index (χ2n) is 4.82. The largest absolute Gasteiger partial charge is 0.465 e. The molecule has 1 atom stereocenters. The second-order valence-corrected chi connectivity index (χ2v) is 4.82. The first-order valence-electron chi connectivity index (χ1n) is 7.16. The van der Waals surface area contributed by atoms with Gasteiger partial charge < -0.3 is 4.74 Å². The van der Waals surface area contributed by atoms with Gasteiger partial charge in [0.1, 0.15) is 6.04 Å². The first-order chi connectivity index (χ1) is 9.81. The van der Waals surface area contributed by atoms with Gasteiger partial charge in [-0.2, -0.15) is 0 Å². The van der Waals surface area contributed by atoms with Crippen LogP contribution in [0.5, 0.6) is 0 Å². The highest BCUT2D eigenvalue weighted by molar-refractivity contribution is 5.75. The number of ether oxygens (including phenoxy) is 1. The van der Waals surface area contributed by atoms with Crippen LogP contribution in [-0.2, 0) is 21.0 Å². The van der Waals surface area contributed by atoms with Crippen LogP contribution in [0.4, 0.5) is 0 Å². The minimum absolute atomic E-state index is 0.178. The van der Waals surface area contributed by atoms with Crippen molar-refractivity contribution in [2.75, 3.05) is 13.2 Å². The molecule has 1 aromatic rings. The van der Waals surface area contributed by atoms with E-state index in [1.54, 1.807) is 0 Å². The Kier molecular flexibility index (Phi) is 5.98. The van der Waals surface area contributed by atoms with Crippen LogP contribution in [0, 0.1) is 0 Å². The quantitative estimate of drug-likeness (QED) is 0.637. The topological polar surface area (TPSA) is 50.8 Å². The maximum absolute atomic E-state index is 11.9. The van der Waals surface area contributed by atoms with Crippen LogP contribution in [0.1, 0.15) is 31.7 Å². The van der Waals surface area contributed by atoms with Crippen LogP contribution in [0.3, 0.4) is 0 Å². The van der Waals surface area contributed by atoms with Crippen molar-refractivity contribution in [3.05, 3.63) is 35.9 Å². The Labute approximate surface area is 119 Å². The molecule has 1 heterocycles. The standard InChI is InChI=1S/C15H22N2O3/c1-2-19-15(18)14-10-6-7-11-17(14)16-20-12-13-8-4-3-5-9-13/h3-5,8-9,14,16H,2,6-7,10-12H2,1H3/t14-/m0/s1. The average molecular weight is 278 g/mol.